The summed E-state index contributed by atoms with van der Waals surface area (Å²) in [6.45, 7) is 7.90. The zero-order chi connectivity index (χ0) is 21.0. The molecule has 4 heterocycles. The maximum absolute atomic E-state index is 5.75. The largest absolute Gasteiger partial charge is 0.467 e. The van der Waals surface area contributed by atoms with E-state index >= 15 is 0 Å². The van der Waals surface area contributed by atoms with Gasteiger partial charge in [-0.3, -0.25) is 4.90 Å². The Morgan fingerprint density at radius 3 is 2.87 bits per heavy atom. The third-order valence-corrected chi connectivity index (χ3v) is 6.63. The molecule has 8 nitrogen and oxygen atoms in total. The molecular formula is C23H32N6O2. The van der Waals surface area contributed by atoms with Gasteiger partial charge in [-0.05, 0) is 50.0 Å². The van der Waals surface area contributed by atoms with E-state index < -0.39 is 0 Å². The number of para-hydroxylation sites is 1. The zero-order valence-electron chi connectivity index (χ0n) is 18.2. The summed E-state index contributed by atoms with van der Waals surface area (Å²) < 4.78 is 10.8. The van der Waals surface area contributed by atoms with E-state index in [9.17, 15) is 0 Å². The Bertz CT molecular complexity index is 888. The molecule has 166 valence electrons. The number of aromatic nitrogens is 2. The van der Waals surface area contributed by atoms with Crippen LogP contribution in [0, 0.1) is 5.92 Å². The minimum Gasteiger partial charge on any atom is -0.467 e. The number of rotatable bonds is 6. The van der Waals surface area contributed by atoms with Gasteiger partial charge >= 0.3 is 0 Å². The number of piperidine rings is 1. The summed E-state index contributed by atoms with van der Waals surface area (Å²) in [4.78, 5) is 5.18. The van der Waals surface area contributed by atoms with Crippen LogP contribution in [-0.4, -0.2) is 80.9 Å². The monoisotopic (exact) mass is 424 g/mol. The number of hydrogen-bond donors (Lipinski definition) is 2. The molecular weight excluding hydrogens is 392 g/mol. The van der Waals surface area contributed by atoms with E-state index in [1.165, 1.54) is 32.5 Å². The number of hydrogen-bond acceptors (Lipinski definition) is 8. The Hall–Kier alpha value is -2.42. The van der Waals surface area contributed by atoms with Crippen LogP contribution in [0.2, 0.25) is 0 Å². The van der Waals surface area contributed by atoms with Gasteiger partial charge in [0.15, 0.2) is 12.6 Å². The van der Waals surface area contributed by atoms with Crippen LogP contribution in [0.25, 0.3) is 11.3 Å². The lowest BCUT2D eigenvalue weighted by atomic mass is 9.96. The molecule has 1 aromatic heterocycles. The molecule has 2 fully saturated rings. The van der Waals surface area contributed by atoms with Crippen molar-refractivity contribution >= 4 is 11.5 Å². The van der Waals surface area contributed by atoms with Gasteiger partial charge < -0.3 is 25.0 Å². The first-order valence-corrected chi connectivity index (χ1v) is 11.3. The van der Waals surface area contributed by atoms with E-state index in [2.05, 4.69) is 36.7 Å². The van der Waals surface area contributed by atoms with Gasteiger partial charge in [-0.2, -0.15) is 0 Å². The van der Waals surface area contributed by atoms with Gasteiger partial charge in [0, 0.05) is 45.4 Å². The summed E-state index contributed by atoms with van der Waals surface area (Å²) in [6, 6.07) is 10.5. The van der Waals surface area contributed by atoms with Crippen molar-refractivity contribution < 1.29 is 9.47 Å². The quantitative estimate of drug-likeness (QED) is 0.683. The van der Waals surface area contributed by atoms with Crippen LogP contribution in [-0.2, 0) is 4.74 Å². The maximum atomic E-state index is 5.75. The van der Waals surface area contributed by atoms with Crippen molar-refractivity contribution in [3.8, 4) is 17.0 Å². The number of methoxy groups -OCH3 is 1. The lowest BCUT2D eigenvalue weighted by Gasteiger charge is -2.46. The molecule has 0 spiro atoms. The minimum atomic E-state index is 0.206. The average Bonchev–Trinajstić information content (AvgIpc) is 2.83. The Kier molecular flexibility index (Phi) is 6.20. The SMILES string of the molecule is COCOc1ccccc1-c1cc2c(nn1)NC[C@H]1CN(CC3CCNCC3)CCN21. The normalized spacial score (nSPS) is 21.8. The topological polar surface area (TPSA) is 74.8 Å². The Labute approximate surface area is 183 Å². The molecule has 2 N–H and O–H groups in total. The Morgan fingerprint density at radius 2 is 2.00 bits per heavy atom. The highest BCUT2D eigenvalue weighted by Crippen LogP contribution is 2.36. The summed E-state index contributed by atoms with van der Waals surface area (Å²) in [5.74, 6) is 2.46. The molecule has 0 radical (unpaired) electrons. The second-order valence-corrected chi connectivity index (χ2v) is 8.69. The standard InChI is InChI=1S/C23H32N6O2/c1-30-16-31-22-5-3-2-4-19(22)20-12-21-23(27-26-20)25-13-18-15-28(10-11-29(18)21)14-17-6-8-24-9-7-17/h2-5,12,17-18,24H,6-11,13-16H2,1H3,(H,25,27)/t18-/m0/s1. The molecule has 0 saturated carbocycles. The Morgan fingerprint density at radius 1 is 1.13 bits per heavy atom. The number of anilines is 2. The fourth-order valence-electron chi connectivity index (χ4n) is 5.01. The third kappa shape index (κ3) is 4.46. The van der Waals surface area contributed by atoms with Gasteiger partial charge in [-0.25, -0.2) is 0 Å². The summed E-state index contributed by atoms with van der Waals surface area (Å²) in [6.07, 6.45) is 2.60. The molecule has 0 unspecified atom stereocenters. The van der Waals surface area contributed by atoms with Gasteiger partial charge in [-0.1, -0.05) is 12.1 Å². The minimum absolute atomic E-state index is 0.206. The van der Waals surface area contributed by atoms with Crippen molar-refractivity contribution in [1.82, 2.24) is 20.4 Å². The lowest BCUT2D eigenvalue weighted by Crippen LogP contribution is -2.58. The molecule has 0 bridgehead atoms. The van der Waals surface area contributed by atoms with E-state index in [1.807, 2.05) is 24.3 Å². The fourth-order valence-corrected chi connectivity index (χ4v) is 5.01. The number of benzene rings is 1. The van der Waals surface area contributed by atoms with Crippen molar-refractivity contribution in [3.05, 3.63) is 30.3 Å². The van der Waals surface area contributed by atoms with Crippen LogP contribution >= 0.6 is 0 Å². The highest BCUT2D eigenvalue weighted by atomic mass is 16.7. The van der Waals surface area contributed by atoms with E-state index in [4.69, 9.17) is 9.47 Å². The summed E-state index contributed by atoms with van der Waals surface area (Å²) >= 11 is 0. The second kappa shape index (κ2) is 9.38. The summed E-state index contributed by atoms with van der Waals surface area (Å²) in [5, 5.41) is 16.0. The number of nitrogens with zero attached hydrogens (tertiary/aromatic N) is 4. The van der Waals surface area contributed by atoms with Crippen molar-refractivity contribution in [2.24, 2.45) is 5.92 Å². The zero-order valence-corrected chi connectivity index (χ0v) is 18.2. The van der Waals surface area contributed by atoms with Crippen LogP contribution in [0.1, 0.15) is 12.8 Å². The molecule has 1 atom stereocenters. The number of ether oxygens (including phenoxy) is 2. The molecule has 2 saturated heterocycles. The van der Waals surface area contributed by atoms with Crippen LogP contribution in [0.15, 0.2) is 30.3 Å². The first kappa shape index (κ1) is 20.5. The van der Waals surface area contributed by atoms with Crippen LogP contribution < -0.4 is 20.3 Å². The molecule has 8 heteroatoms. The van der Waals surface area contributed by atoms with Crippen molar-refractivity contribution in [2.75, 3.05) is 69.9 Å². The van der Waals surface area contributed by atoms with Crippen molar-refractivity contribution in [1.29, 1.82) is 0 Å². The van der Waals surface area contributed by atoms with Crippen molar-refractivity contribution in [3.63, 3.8) is 0 Å². The average molecular weight is 425 g/mol. The summed E-state index contributed by atoms with van der Waals surface area (Å²) in [5.41, 5.74) is 2.90. The van der Waals surface area contributed by atoms with Crippen molar-refractivity contribution in [2.45, 2.75) is 18.9 Å². The third-order valence-electron chi connectivity index (χ3n) is 6.63. The van der Waals surface area contributed by atoms with Crippen LogP contribution in [0.4, 0.5) is 11.5 Å². The van der Waals surface area contributed by atoms with Gasteiger partial charge in [0.25, 0.3) is 0 Å². The number of piperazine rings is 1. The van der Waals surface area contributed by atoms with E-state index in [0.717, 1.165) is 60.6 Å². The molecule has 5 rings (SSSR count). The van der Waals surface area contributed by atoms with Crippen LogP contribution in [0.3, 0.4) is 0 Å². The highest BCUT2D eigenvalue weighted by Gasteiger charge is 2.33. The van der Waals surface area contributed by atoms with E-state index in [0.29, 0.717) is 6.04 Å². The number of nitrogens with one attached hydrogen (secondary N) is 2. The highest BCUT2D eigenvalue weighted by molar-refractivity contribution is 5.76. The smallest absolute Gasteiger partial charge is 0.188 e. The molecule has 1 aromatic carbocycles. The molecule has 0 amide bonds. The Balaban J connectivity index is 1.33. The molecule has 3 aliphatic rings. The summed E-state index contributed by atoms with van der Waals surface area (Å²) in [7, 11) is 1.62. The van der Waals surface area contributed by atoms with E-state index in [1.54, 1.807) is 7.11 Å². The fraction of sp³-hybridized carbons (Fsp3) is 0.565. The molecule has 31 heavy (non-hydrogen) atoms. The first-order valence-electron chi connectivity index (χ1n) is 11.3. The van der Waals surface area contributed by atoms with Crippen LogP contribution in [0.5, 0.6) is 5.75 Å². The molecule has 0 aliphatic carbocycles. The van der Waals surface area contributed by atoms with E-state index in [-0.39, 0.29) is 6.79 Å². The first-order chi connectivity index (χ1) is 15.3. The van der Waals surface area contributed by atoms with Gasteiger partial charge in [0.2, 0.25) is 0 Å². The lowest BCUT2D eigenvalue weighted by molar-refractivity contribution is 0.0515. The molecule has 3 aliphatic heterocycles. The number of fused-ring (bicyclic) bond motifs is 3. The van der Waals surface area contributed by atoms with Gasteiger partial charge in [0.1, 0.15) is 5.75 Å². The predicted octanol–water partition coefficient (Wildman–Crippen LogP) is 2.04. The van der Waals surface area contributed by atoms with Gasteiger partial charge in [0.05, 0.1) is 17.4 Å². The maximum Gasteiger partial charge on any atom is 0.188 e. The van der Waals surface area contributed by atoms with Gasteiger partial charge in [-0.15, -0.1) is 10.2 Å². The second-order valence-electron chi connectivity index (χ2n) is 8.69. The predicted molar refractivity (Wildman–Crippen MR) is 122 cm³/mol. The molecule has 2 aromatic rings.